The third-order valence-electron chi connectivity index (χ3n) is 3.08. The molecule has 0 aromatic carbocycles. The average Bonchev–Trinajstić information content (AvgIpc) is 2.52. The highest BCUT2D eigenvalue weighted by Gasteiger charge is 2.17. The number of carbonyl (C=O) groups excluding carboxylic acids is 1. The van der Waals surface area contributed by atoms with Crippen LogP contribution in [0.15, 0.2) is 0 Å². The van der Waals surface area contributed by atoms with Gasteiger partial charge in [0.25, 0.3) is 0 Å². The summed E-state index contributed by atoms with van der Waals surface area (Å²) < 4.78 is 0. The van der Waals surface area contributed by atoms with E-state index in [0.717, 1.165) is 58.5 Å². The van der Waals surface area contributed by atoms with Gasteiger partial charge in [-0.25, -0.2) is 0 Å². The number of hydrogen-bond acceptors (Lipinski definition) is 3. The van der Waals surface area contributed by atoms with E-state index in [0.29, 0.717) is 12.3 Å². The highest BCUT2D eigenvalue weighted by atomic mass is 16.2. The molecule has 94 valence electrons. The van der Waals surface area contributed by atoms with Crippen molar-refractivity contribution in [2.75, 3.05) is 39.3 Å². The van der Waals surface area contributed by atoms with Crippen LogP contribution in [0.3, 0.4) is 0 Å². The second kappa shape index (κ2) is 7.63. The van der Waals surface area contributed by atoms with E-state index in [4.69, 9.17) is 5.73 Å². The fourth-order valence-corrected chi connectivity index (χ4v) is 2.13. The maximum atomic E-state index is 11.8. The van der Waals surface area contributed by atoms with Crippen molar-refractivity contribution in [2.45, 2.75) is 32.6 Å². The zero-order valence-electron chi connectivity index (χ0n) is 10.5. The van der Waals surface area contributed by atoms with Gasteiger partial charge in [0.2, 0.25) is 5.91 Å². The van der Waals surface area contributed by atoms with Gasteiger partial charge in [-0.05, 0) is 38.9 Å². The maximum Gasteiger partial charge on any atom is 0.222 e. The van der Waals surface area contributed by atoms with Gasteiger partial charge in [0.05, 0.1) is 0 Å². The third-order valence-corrected chi connectivity index (χ3v) is 3.08. The van der Waals surface area contributed by atoms with Crippen molar-refractivity contribution in [3.63, 3.8) is 0 Å². The molecule has 0 atom stereocenters. The number of carbonyl (C=O) groups is 1. The van der Waals surface area contributed by atoms with Crippen molar-refractivity contribution in [1.82, 2.24) is 9.80 Å². The van der Waals surface area contributed by atoms with Gasteiger partial charge in [0.15, 0.2) is 0 Å². The van der Waals surface area contributed by atoms with Gasteiger partial charge < -0.3 is 15.5 Å². The van der Waals surface area contributed by atoms with Gasteiger partial charge >= 0.3 is 0 Å². The molecule has 1 heterocycles. The summed E-state index contributed by atoms with van der Waals surface area (Å²) in [6.45, 7) is 7.83. The first-order valence-corrected chi connectivity index (χ1v) is 6.48. The van der Waals surface area contributed by atoms with Crippen molar-refractivity contribution < 1.29 is 4.79 Å². The molecule has 1 aliphatic rings. The molecule has 4 nitrogen and oxygen atoms in total. The van der Waals surface area contributed by atoms with Crippen LogP contribution in [0.25, 0.3) is 0 Å². The van der Waals surface area contributed by atoms with E-state index in [1.54, 1.807) is 0 Å². The van der Waals surface area contributed by atoms with Crippen molar-refractivity contribution in [2.24, 2.45) is 5.73 Å². The number of rotatable bonds is 5. The van der Waals surface area contributed by atoms with Gasteiger partial charge in [-0.15, -0.1) is 0 Å². The highest BCUT2D eigenvalue weighted by molar-refractivity contribution is 5.76. The van der Waals surface area contributed by atoms with Gasteiger partial charge in [-0.3, -0.25) is 4.79 Å². The Hall–Kier alpha value is -0.610. The number of hydrogen-bond donors (Lipinski definition) is 1. The molecule has 0 aliphatic carbocycles. The van der Waals surface area contributed by atoms with Crippen molar-refractivity contribution in [1.29, 1.82) is 0 Å². The molecule has 0 radical (unpaired) electrons. The molecule has 0 saturated carbocycles. The number of nitrogens with zero attached hydrogens (tertiary/aromatic N) is 2. The topological polar surface area (TPSA) is 49.6 Å². The Labute approximate surface area is 98.8 Å². The Morgan fingerprint density at radius 3 is 2.75 bits per heavy atom. The Kier molecular flexibility index (Phi) is 6.42. The van der Waals surface area contributed by atoms with Crippen LogP contribution in [0.5, 0.6) is 0 Å². The van der Waals surface area contributed by atoms with Crippen LogP contribution in [0.4, 0.5) is 0 Å². The second-order valence-electron chi connectivity index (χ2n) is 4.47. The molecule has 0 aromatic rings. The van der Waals surface area contributed by atoms with Crippen molar-refractivity contribution in [3.05, 3.63) is 0 Å². The average molecular weight is 227 g/mol. The Morgan fingerprint density at radius 1 is 1.25 bits per heavy atom. The van der Waals surface area contributed by atoms with Crippen LogP contribution in [0.2, 0.25) is 0 Å². The second-order valence-corrected chi connectivity index (χ2v) is 4.47. The maximum absolute atomic E-state index is 11.8. The first-order chi connectivity index (χ1) is 7.77. The fraction of sp³-hybridized carbons (Fsp3) is 0.917. The van der Waals surface area contributed by atoms with Gasteiger partial charge in [0.1, 0.15) is 0 Å². The van der Waals surface area contributed by atoms with E-state index in [-0.39, 0.29) is 0 Å². The normalized spacial score (nSPS) is 18.5. The van der Waals surface area contributed by atoms with Gasteiger partial charge in [-0.1, -0.05) is 6.92 Å². The smallest absolute Gasteiger partial charge is 0.222 e. The molecule has 1 saturated heterocycles. The molecule has 0 unspecified atom stereocenters. The first-order valence-electron chi connectivity index (χ1n) is 6.48. The van der Waals surface area contributed by atoms with E-state index >= 15 is 0 Å². The van der Waals surface area contributed by atoms with Gasteiger partial charge in [0, 0.05) is 26.1 Å². The summed E-state index contributed by atoms with van der Waals surface area (Å²) in [4.78, 5) is 16.2. The zero-order chi connectivity index (χ0) is 11.8. The minimum atomic E-state index is 0.322. The van der Waals surface area contributed by atoms with Crippen LogP contribution in [0, 0.1) is 0 Å². The zero-order valence-corrected chi connectivity index (χ0v) is 10.5. The van der Waals surface area contributed by atoms with E-state index < -0.39 is 0 Å². The molecule has 0 aromatic heterocycles. The minimum absolute atomic E-state index is 0.322. The summed E-state index contributed by atoms with van der Waals surface area (Å²) in [7, 11) is 0. The molecule has 1 rings (SSSR count). The van der Waals surface area contributed by atoms with Crippen LogP contribution in [-0.2, 0) is 4.79 Å². The monoisotopic (exact) mass is 227 g/mol. The summed E-state index contributed by atoms with van der Waals surface area (Å²) >= 11 is 0. The van der Waals surface area contributed by atoms with Gasteiger partial charge in [-0.2, -0.15) is 0 Å². The van der Waals surface area contributed by atoms with Crippen molar-refractivity contribution in [3.8, 4) is 0 Å². The third kappa shape index (κ3) is 4.49. The predicted octanol–water partition coefficient (Wildman–Crippen LogP) is 0.670. The SMILES string of the molecule is CCCC(=O)N1CCCN(CCCN)CC1. The molecule has 1 fully saturated rings. The molecule has 4 heteroatoms. The Balaban J connectivity index is 2.31. The van der Waals surface area contributed by atoms with Crippen LogP contribution in [-0.4, -0.2) is 55.0 Å². The lowest BCUT2D eigenvalue weighted by atomic mass is 10.3. The van der Waals surface area contributed by atoms with E-state index in [2.05, 4.69) is 11.8 Å². The lowest BCUT2D eigenvalue weighted by molar-refractivity contribution is -0.131. The number of amides is 1. The predicted molar refractivity (Wildman–Crippen MR) is 66.2 cm³/mol. The summed E-state index contributed by atoms with van der Waals surface area (Å²) in [6.07, 6.45) is 3.80. The summed E-state index contributed by atoms with van der Waals surface area (Å²) in [5, 5.41) is 0. The summed E-state index contributed by atoms with van der Waals surface area (Å²) in [5.74, 6) is 0.322. The van der Waals surface area contributed by atoms with E-state index in [9.17, 15) is 4.79 Å². The molecule has 0 spiro atoms. The summed E-state index contributed by atoms with van der Waals surface area (Å²) in [5.41, 5.74) is 5.51. The standard InChI is InChI=1S/C12H25N3O/c1-2-5-12(16)15-9-4-8-14(10-11-15)7-3-6-13/h2-11,13H2,1H3. The number of nitrogens with two attached hydrogens (primary N) is 1. The highest BCUT2D eigenvalue weighted by Crippen LogP contribution is 2.06. The van der Waals surface area contributed by atoms with Crippen LogP contribution < -0.4 is 5.73 Å². The largest absolute Gasteiger partial charge is 0.341 e. The molecule has 2 N–H and O–H groups in total. The fourth-order valence-electron chi connectivity index (χ4n) is 2.13. The van der Waals surface area contributed by atoms with E-state index in [1.807, 2.05) is 4.90 Å². The minimum Gasteiger partial charge on any atom is -0.341 e. The first kappa shape index (κ1) is 13.5. The Bertz CT molecular complexity index is 208. The molecular weight excluding hydrogens is 202 g/mol. The molecule has 0 bridgehead atoms. The Morgan fingerprint density at radius 2 is 2.06 bits per heavy atom. The molecule has 1 aliphatic heterocycles. The van der Waals surface area contributed by atoms with Crippen LogP contribution >= 0.6 is 0 Å². The van der Waals surface area contributed by atoms with Crippen molar-refractivity contribution >= 4 is 5.91 Å². The lowest BCUT2D eigenvalue weighted by Gasteiger charge is -2.21. The van der Waals surface area contributed by atoms with E-state index in [1.165, 1.54) is 0 Å². The summed E-state index contributed by atoms with van der Waals surface area (Å²) in [6, 6.07) is 0. The molecule has 16 heavy (non-hydrogen) atoms. The quantitative estimate of drug-likeness (QED) is 0.751. The lowest BCUT2D eigenvalue weighted by Crippen LogP contribution is -2.35. The molecule has 1 amide bonds. The van der Waals surface area contributed by atoms with Crippen LogP contribution in [0.1, 0.15) is 32.6 Å². The molecular formula is C12H25N3O.